The molecule has 0 bridgehead atoms. The van der Waals surface area contributed by atoms with Gasteiger partial charge < -0.3 is 19.2 Å². The van der Waals surface area contributed by atoms with Gasteiger partial charge in [-0.05, 0) is 43.3 Å². The van der Waals surface area contributed by atoms with Crippen LogP contribution >= 0.6 is 0 Å². The van der Waals surface area contributed by atoms with Gasteiger partial charge in [-0.1, -0.05) is 0 Å². The van der Waals surface area contributed by atoms with Crippen molar-refractivity contribution < 1.29 is 18.7 Å². The Labute approximate surface area is 151 Å². The number of hydrogen-bond donors (Lipinski definition) is 1. The van der Waals surface area contributed by atoms with Gasteiger partial charge in [0.25, 0.3) is 5.91 Å². The predicted molar refractivity (Wildman–Crippen MR) is 95.1 cm³/mol. The van der Waals surface area contributed by atoms with E-state index in [4.69, 9.17) is 13.9 Å². The van der Waals surface area contributed by atoms with Crippen LogP contribution in [0.25, 0.3) is 0 Å². The Hall–Kier alpha value is -3.22. The minimum Gasteiger partial charge on any atom is -0.497 e. The molecule has 0 aliphatic heterocycles. The fourth-order valence-electron chi connectivity index (χ4n) is 2.49. The summed E-state index contributed by atoms with van der Waals surface area (Å²) in [6, 6.07) is 10.6. The molecule has 26 heavy (non-hydrogen) atoms. The van der Waals surface area contributed by atoms with Crippen LogP contribution in [0, 0.1) is 6.92 Å². The van der Waals surface area contributed by atoms with Gasteiger partial charge >= 0.3 is 0 Å². The molecule has 0 spiro atoms. The highest BCUT2D eigenvalue weighted by Gasteiger charge is 2.12. The van der Waals surface area contributed by atoms with Crippen LogP contribution in [0.2, 0.25) is 0 Å². The van der Waals surface area contributed by atoms with E-state index in [-0.39, 0.29) is 18.3 Å². The van der Waals surface area contributed by atoms with Gasteiger partial charge in [-0.15, -0.1) is 0 Å². The molecule has 0 radical (unpaired) electrons. The number of furan rings is 1. The lowest BCUT2D eigenvalue weighted by atomic mass is 10.2. The number of amides is 1. The van der Waals surface area contributed by atoms with E-state index in [9.17, 15) is 4.79 Å². The maximum Gasteiger partial charge on any atom is 0.287 e. The van der Waals surface area contributed by atoms with Crippen LogP contribution in [0.3, 0.4) is 0 Å². The van der Waals surface area contributed by atoms with Crippen LogP contribution in [0.1, 0.15) is 27.6 Å². The smallest absolute Gasteiger partial charge is 0.287 e. The van der Waals surface area contributed by atoms with Gasteiger partial charge in [0.2, 0.25) is 0 Å². The Morgan fingerprint density at radius 3 is 2.58 bits per heavy atom. The molecular formula is C19H21N3O4. The van der Waals surface area contributed by atoms with Gasteiger partial charge in [0.1, 0.15) is 23.9 Å². The fraction of sp³-hybridized carbons (Fsp3) is 0.263. The molecule has 1 aromatic carbocycles. The van der Waals surface area contributed by atoms with Crippen LogP contribution in [0.4, 0.5) is 0 Å². The number of aromatic nitrogens is 2. The van der Waals surface area contributed by atoms with Crippen molar-refractivity contribution in [2.45, 2.75) is 20.1 Å². The topological polar surface area (TPSA) is 78.5 Å². The Morgan fingerprint density at radius 2 is 1.92 bits per heavy atom. The third-order valence-electron chi connectivity index (χ3n) is 3.88. The first kappa shape index (κ1) is 17.6. The lowest BCUT2D eigenvalue weighted by Gasteiger charge is -2.05. The molecule has 0 saturated carbocycles. The predicted octanol–water partition coefficient (Wildman–Crippen LogP) is 2.84. The third kappa shape index (κ3) is 4.24. The zero-order chi connectivity index (χ0) is 18.5. The molecule has 1 amide bonds. The first-order valence-electron chi connectivity index (χ1n) is 8.18. The molecule has 0 unspecified atom stereocenters. The molecule has 0 fully saturated rings. The second-order valence-corrected chi connectivity index (χ2v) is 5.83. The highest BCUT2D eigenvalue weighted by Crippen LogP contribution is 2.19. The van der Waals surface area contributed by atoms with Crippen molar-refractivity contribution >= 4 is 5.91 Å². The summed E-state index contributed by atoms with van der Waals surface area (Å²) in [4.78, 5) is 12.2. The molecule has 3 rings (SSSR count). The highest BCUT2D eigenvalue weighted by molar-refractivity contribution is 5.91. The lowest BCUT2D eigenvalue weighted by Crippen LogP contribution is -2.22. The first-order valence-corrected chi connectivity index (χ1v) is 8.18. The number of nitrogens with zero attached hydrogens (tertiary/aromatic N) is 2. The van der Waals surface area contributed by atoms with E-state index in [1.54, 1.807) is 23.9 Å². The normalized spacial score (nSPS) is 10.6. The largest absolute Gasteiger partial charge is 0.497 e. The van der Waals surface area contributed by atoms with E-state index in [2.05, 4.69) is 10.4 Å². The number of methoxy groups -OCH3 is 1. The van der Waals surface area contributed by atoms with Gasteiger partial charge in [-0.2, -0.15) is 5.10 Å². The highest BCUT2D eigenvalue weighted by atomic mass is 16.5. The lowest BCUT2D eigenvalue weighted by molar-refractivity contribution is 0.0919. The van der Waals surface area contributed by atoms with Crippen molar-refractivity contribution in [2.75, 3.05) is 7.11 Å². The summed E-state index contributed by atoms with van der Waals surface area (Å²) < 4.78 is 18.0. The number of carbonyl (C=O) groups excluding carboxylic acids is 1. The van der Waals surface area contributed by atoms with Crippen molar-refractivity contribution in [1.29, 1.82) is 0 Å². The van der Waals surface area contributed by atoms with Crippen LogP contribution in [0.5, 0.6) is 11.5 Å². The Morgan fingerprint density at radius 1 is 1.19 bits per heavy atom. The molecule has 0 aliphatic rings. The number of ether oxygens (including phenoxy) is 2. The van der Waals surface area contributed by atoms with Crippen molar-refractivity contribution in [3.63, 3.8) is 0 Å². The standard InChI is InChI=1S/C19H21N3O4/c1-13-14(11-22(2)21-13)10-20-19(23)18-9-8-17(26-18)12-25-16-6-4-15(24-3)5-7-16/h4-9,11H,10,12H2,1-3H3,(H,20,23). The summed E-state index contributed by atoms with van der Waals surface area (Å²) in [7, 11) is 3.46. The number of benzene rings is 1. The summed E-state index contributed by atoms with van der Waals surface area (Å²) >= 11 is 0. The number of nitrogens with one attached hydrogen (secondary N) is 1. The van der Waals surface area contributed by atoms with E-state index in [1.165, 1.54) is 0 Å². The number of hydrogen-bond acceptors (Lipinski definition) is 5. The molecule has 7 nitrogen and oxygen atoms in total. The monoisotopic (exact) mass is 355 g/mol. The van der Waals surface area contributed by atoms with E-state index in [1.807, 2.05) is 44.4 Å². The Balaban J connectivity index is 1.53. The molecule has 0 atom stereocenters. The van der Waals surface area contributed by atoms with E-state index >= 15 is 0 Å². The summed E-state index contributed by atoms with van der Waals surface area (Å²) in [5, 5.41) is 7.08. The second-order valence-electron chi connectivity index (χ2n) is 5.83. The summed E-state index contributed by atoms with van der Waals surface area (Å²) in [5.41, 5.74) is 1.86. The molecule has 2 heterocycles. The molecule has 136 valence electrons. The second kappa shape index (κ2) is 7.77. The molecule has 3 aromatic rings. The molecule has 0 saturated heterocycles. The zero-order valence-corrected chi connectivity index (χ0v) is 15.0. The number of rotatable bonds is 7. The molecule has 1 N–H and O–H groups in total. The van der Waals surface area contributed by atoms with Crippen molar-refractivity contribution in [3.8, 4) is 11.5 Å². The van der Waals surface area contributed by atoms with Gasteiger partial charge in [-0.25, -0.2) is 0 Å². The summed E-state index contributed by atoms with van der Waals surface area (Å²) in [6.45, 7) is 2.54. The van der Waals surface area contributed by atoms with Gasteiger partial charge in [0, 0.05) is 25.4 Å². The van der Waals surface area contributed by atoms with Crippen molar-refractivity contribution in [2.24, 2.45) is 7.05 Å². The molecule has 7 heteroatoms. The minimum atomic E-state index is -0.274. The molecule has 0 aliphatic carbocycles. The average Bonchev–Trinajstić information content (AvgIpc) is 3.24. The molecule has 2 aromatic heterocycles. The minimum absolute atomic E-state index is 0.237. The van der Waals surface area contributed by atoms with E-state index in [0.717, 1.165) is 17.0 Å². The maximum absolute atomic E-state index is 12.2. The molecular weight excluding hydrogens is 334 g/mol. The van der Waals surface area contributed by atoms with Gasteiger partial charge in [-0.3, -0.25) is 9.48 Å². The number of aryl methyl sites for hydroxylation is 2. The fourth-order valence-corrected chi connectivity index (χ4v) is 2.49. The Kier molecular flexibility index (Phi) is 5.26. The average molecular weight is 355 g/mol. The zero-order valence-electron chi connectivity index (χ0n) is 15.0. The van der Waals surface area contributed by atoms with Crippen molar-refractivity contribution in [3.05, 3.63) is 65.4 Å². The maximum atomic E-state index is 12.2. The van der Waals surface area contributed by atoms with E-state index < -0.39 is 0 Å². The number of carbonyl (C=O) groups is 1. The SMILES string of the molecule is COc1ccc(OCc2ccc(C(=O)NCc3cn(C)nc3C)o2)cc1. The van der Waals surface area contributed by atoms with E-state index in [0.29, 0.717) is 18.1 Å². The van der Waals surface area contributed by atoms with Crippen molar-refractivity contribution in [1.82, 2.24) is 15.1 Å². The third-order valence-corrected chi connectivity index (χ3v) is 3.88. The van der Waals surface area contributed by atoms with Crippen LogP contribution in [-0.4, -0.2) is 22.8 Å². The Bertz CT molecular complexity index is 881. The van der Waals surface area contributed by atoms with Crippen LogP contribution in [-0.2, 0) is 20.2 Å². The van der Waals surface area contributed by atoms with Gasteiger partial charge in [0.15, 0.2) is 5.76 Å². The first-order chi connectivity index (χ1) is 12.5. The summed E-state index contributed by atoms with van der Waals surface area (Å²) in [5.74, 6) is 2.01. The quantitative estimate of drug-likeness (QED) is 0.705. The summed E-state index contributed by atoms with van der Waals surface area (Å²) in [6.07, 6.45) is 1.88. The van der Waals surface area contributed by atoms with Crippen LogP contribution < -0.4 is 14.8 Å². The van der Waals surface area contributed by atoms with Crippen LogP contribution in [0.15, 0.2) is 47.0 Å². The van der Waals surface area contributed by atoms with Gasteiger partial charge in [0.05, 0.1) is 12.8 Å².